The first-order chi connectivity index (χ1) is 11.1. The maximum Gasteiger partial charge on any atom is 0.233 e. The van der Waals surface area contributed by atoms with Crippen molar-refractivity contribution in [2.24, 2.45) is 0 Å². The van der Waals surface area contributed by atoms with Gasteiger partial charge in [0.25, 0.3) is 0 Å². The lowest BCUT2D eigenvalue weighted by Crippen LogP contribution is -2.32. The molecule has 7 nitrogen and oxygen atoms in total. The molecule has 2 rings (SSSR count). The van der Waals surface area contributed by atoms with Gasteiger partial charge in [0.2, 0.25) is 11.1 Å². The Morgan fingerprint density at radius 2 is 2.13 bits per heavy atom. The number of ether oxygens (including phenoxy) is 1. The van der Waals surface area contributed by atoms with Gasteiger partial charge in [-0.2, -0.15) is 4.68 Å². The molecule has 0 spiro atoms. The molecule has 8 heteroatoms. The van der Waals surface area contributed by atoms with Gasteiger partial charge in [0.15, 0.2) is 0 Å². The molecule has 0 aliphatic heterocycles. The van der Waals surface area contributed by atoms with Crippen LogP contribution in [0.4, 0.5) is 0 Å². The second kappa shape index (κ2) is 8.64. The van der Waals surface area contributed by atoms with Gasteiger partial charge in [0.1, 0.15) is 0 Å². The molecule has 0 saturated heterocycles. The average Bonchev–Trinajstić information content (AvgIpc) is 3.00. The first-order valence-electron chi connectivity index (χ1n) is 7.40. The maximum absolute atomic E-state index is 12.1. The number of benzene rings is 1. The summed E-state index contributed by atoms with van der Waals surface area (Å²) in [5.74, 6) is -0.0374. The molecule has 1 unspecified atom stereocenters. The van der Waals surface area contributed by atoms with E-state index in [1.54, 1.807) is 11.8 Å². The first-order valence-corrected chi connectivity index (χ1v) is 8.28. The lowest BCUT2D eigenvalue weighted by atomic mass is 10.2. The first kappa shape index (κ1) is 17.4. The molecular formula is C15H21N5O2S. The zero-order valence-corrected chi connectivity index (χ0v) is 14.3. The van der Waals surface area contributed by atoms with E-state index >= 15 is 0 Å². The number of nitrogens with one attached hydrogen (secondary N) is 1. The van der Waals surface area contributed by atoms with Crippen molar-refractivity contribution in [2.75, 3.05) is 20.3 Å². The summed E-state index contributed by atoms with van der Waals surface area (Å²) in [6, 6.07) is 7.89. The number of aryl methyl sites for hydroxylation is 1. The molecule has 1 aromatic carbocycles. The third-order valence-corrected chi connectivity index (χ3v) is 4.23. The molecule has 0 fully saturated rings. The van der Waals surface area contributed by atoms with Crippen LogP contribution in [-0.4, -0.2) is 51.6 Å². The molecule has 0 aliphatic rings. The van der Waals surface area contributed by atoms with Crippen molar-refractivity contribution in [1.29, 1.82) is 0 Å². The number of methoxy groups -OCH3 is 1. The molecule has 23 heavy (non-hydrogen) atoms. The van der Waals surface area contributed by atoms with Crippen molar-refractivity contribution < 1.29 is 9.53 Å². The number of carbonyl (C=O) groups excluding carboxylic acids is 1. The number of rotatable bonds is 8. The number of aromatic nitrogens is 4. The lowest BCUT2D eigenvalue weighted by molar-refractivity contribution is -0.120. The molecule has 1 amide bonds. The lowest BCUT2D eigenvalue weighted by Gasteiger charge is -2.11. The van der Waals surface area contributed by atoms with Crippen molar-refractivity contribution in [1.82, 2.24) is 25.5 Å². The quantitative estimate of drug-likeness (QED) is 0.583. The number of thioether (sulfide) groups is 1. The standard InChI is InChI=1S/C15H21N5O2S/c1-11-5-7-13(8-6-11)20-15(17-18-19-20)23-12(2)14(21)16-9-4-10-22-3/h5-8,12H,4,9-10H2,1-3H3,(H,16,21). The fourth-order valence-corrected chi connectivity index (χ4v) is 2.72. The smallest absolute Gasteiger partial charge is 0.233 e. The van der Waals surface area contributed by atoms with Crippen molar-refractivity contribution in [3.05, 3.63) is 29.8 Å². The van der Waals surface area contributed by atoms with Crippen LogP contribution in [-0.2, 0) is 9.53 Å². The van der Waals surface area contributed by atoms with Crippen LogP contribution in [0.5, 0.6) is 0 Å². The summed E-state index contributed by atoms with van der Waals surface area (Å²) in [7, 11) is 1.64. The largest absolute Gasteiger partial charge is 0.385 e. The normalized spacial score (nSPS) is 12.1. The monoisotopic (exact) mass is 335 g/mol. The van der Waals surface area contributed by atoms with Gasteiger partial charge in [-0.25, -0.2) is 0 Å². The molecule has 0 saturated carbocycles. The van der Waals surface area contributed by atoms with Gasteiger partial charge in [-0.15, -0.1) is 5.10 Å². The Hall–Kier alpha value is -1.93. The summed E-state index contributed by atoms with van der Waals surface area (Å²) in [5, 5.41) is 14.9. The maximum atomic E-state index is 12.1. The number of nitrogens with zero attached hydrogens (tertiary/aromatic N) is 4. The van der Waals surface area contributed by atoms with E-state index in [0.717, 1.165) is 12.1 Å². The predicted molar refractivity (Wildman–Crippen MR) is 88.7 cm³/mol. The molecule has 1 aromatic heterocycles. The van der Waals surface area contributed by atoms with Gasteiger partial charge < -0.3 is 10.1 Å². The van der Waals surface area contributed by atoms with Gasteiger partial charge in [-0.1, -0.05) is 29.5 Å². The van der Waals surface area contributed by atoms with E-state index in [2.05, 4.69) is 20.8 Å². The molecule has 2 aromatic rings. The number of carbonyl (C=O) groups is 1. The summed E-state index contributed by atoms with van der Waals surface area (Å²) in [6.45, 7) is 5.09. The molecule has 124 valence electrons. The second-order valence-electron chi connectivity index (χ2n) is 5.11. The number of hydrogen-bond acceptors (Lipinski definition) is 6. The highest BCUT2D eigenvalue weighted by Crippen LogP contribution is 2.23. The van der Waals surface area contributed by atoms with Crippen molar-refractivity contribution in [3.8, 4) is 5.69 Å². The van der Waals surface area contributed by atoms with Crippen LogP contribution < -0.4 is 5.32 Å². The zero-order valence-electron chi connectivity index (χ0n) is 13.5. The summed E-state index contributed by atoms with van der Waals surface area (Å²) in [6.07, 6.45) is 0.792. The third-order valence-electron chi connectivity index (χ3n) is 3.20. The average molecular weight is 335 g/mol. The van der Waals surface area contributed by atoms with E-state index in [0.29, 0.717) is 18.3 Å². The summed E-state index contributed by atoms with van der Waals surface area (Å²) >= 11 is 1.33. The van der Waals surface area contributed by atoms with E-state index in [1.807, 2.05) is 38.1 Å². The van der Waals surface area contributed by atoms with E-state index < -0.39 is 0 Å². The molecule has 1 atom stereocenters. The number of hydrogen-bond donors (Lipinski definition) is 1. The van der Waals surface area contributed by atoms with Gasteiger partial charge in [0.05, 0.1) is 10.9 Å². The highest BCUT2D eigenvalue weighted by atomic mass is 32.2. The number of amides is 1. The second-order valence-corrected chi connectivity index (χ2v) is 6.41. The van der Waals surface area contributed by atoms with Crippen LogP contribution in [0.2, 0.25) is 0 Å². The summed E-state index contributed by atoms with van der Waals surface area (Å²) in [4.78, 5) is 12.1. The van der Waals surface area contributed by atoms with Crippen LogP contribution in [0, 0.1) is 6.92 Å². The highest BCUT2D eigenvalue weighted by molar-refractivity contribution is 8.00. The van der Waals surface area contributed by atoms with Crippen LogP contribution in [0.15, 0.2) is 29.4 Å². The van der Waals surface area contributed by atoms with E-state index in [9.17, 15) is 4.79 Å². The van der Waals surface area contributed by atoms with Gasteiger partial charge in [0, 0.05) is 20.3 Å². The fraction of sp³-hybridized carbons (Fsp3) is 0.467. The van der Waals surface area contributed by atoms with Crippen LogP contribution in [0.3, 0.4) is 0 Å². The molecule has 0 bridgehead atoms. The molecular weight excluding hydrogens is 314 g/mol. The minimum atomic E-state index is -0.284. The Bertz CT molecular complexity index is 629. The minimum Gasteiger partial charge on any atom is -0.385 e. The van der Waals surface area contributed by atoms with Crippen LogP contribution >= 0.6 is 11.8 Å². The Morgan fingerprint density at radius 1 is 1.39 bits per heavy atom. The topological polar surface area (TPSA) is 81.9 Å². The molecule has 0 radical (unpaired) electrons. The Labute approximate surface area is 139 Å². The minimum absolute atomic E-state index is 0.0374. The van der Waals surface area contributed by atoms with Crippen molar-refractivity contribution in [3.63, 3.8) is 0 Å². The van der Waals surface area contributed by atoms with Crippen LogP contribution in [0.25, 0.3) is 5.69 Å². The van der Waals surface area contributed by atoms with Gasteiger partial charge >= 0.3 is 0 Å². The SMILES string of the molecule is COCCCNC(=O)C(C)Sc1nnnn1-c1ccc(C)cc1. The van der Waals surface area contributed by atoms with Gasteiger partial charge in [-0.3, -0.25) is 4.79 Å². The van der Waals surface area contributed by atoms with Crippen molar-refractivity contribution in [2.45, 2.75) is 30.7 Å². The van der Waals surface area contributed by atoms with E-state index in [-0.39, 0.29) is 11.2 Å². The summed E-state index contributed by atoms with van der Waals surface area (Å²) in [5.41, 5.74) is 2.04. The van der Waals surface area contributed by atoms with Gasteiger partial charge in [-0.05, 0) is 42.8 Å². The predicted octanol–water partition coefficient (Wildman–Crippen LogP) is 1.60. The molecule has 1 N–H and O–H groups in total. The molecule has 1 heterocycles. The molecule has 0 aliphatic carbocycles. The van der Waals surface area contributed by atoms with Crippen LogP contribution in [0.1, 0.15) is 18.9 Å². The third kappa shape index (κ3) is 5.04. The van der Waals surface area contributed by atoms with Crippen molar-refractivity contribution >= 4 is 17.7 Å². The van der Waals surface area contributed by atoms with E-state index in [4.69, 9.17) is 4.74 Å². The zero-order chi connectivity index (χ0) is 16.7. The Morgan fingerprint density at radius 3 is 2.83 bits per heavy atom. The highest BCUT2D eigenvalue weighted by Gasteiger charge is 2.18. The van der Waals surface area contributed by atoms with E-state index in [1.165, 1.54) is 17.3 Å². The summed E-state index contributed by atoms with van der Waals surface area (Å²) < 4.78 is 6.59. The number of tetrazole rings is 1. The Kier molecular flexibility index (Phi) is 6.54. The fourth-order valence-electron chi connectivity index (χ4n) is 1.88. The Balaban J connectivity index is 1.96.